The summed E-state index contributed by atoms with van der Waals surface area (Å²) in [6.07, 6.45) is 2.60. The summed E-state index contributed by atoms with van der Waals surface area (Å²) in [5.41, 5.74) is 5.12. The van der Waals surface area contributed by atoms with E-state index in [2.05, 4.69) is 32.0 Å². The third-order valence-electron chi connectivity index (χ3n) is 4.02. The standard InChI is InChI=1S/C17H22O2/c1-4-13-10-14-8-6-7-9-15(14)16(12(13)3)11-17(18)19-5-2/h6-9,13H,4-5,10-11H2,1-3H3. The van der Waals surface area contributed by atoms with Crippen LogP contribution < -0.4 is 0 Å². The first-order valence-corrected chi connectivity index (χ1v) is 7.10. The van der Waals surface area contributed by atoms with E-state index in [1.165, 1.54) is 22.3 Å². The van der Waals surface area contributed by atoms with Gasteiger partial charge in [-0.1, -0.05) is 36.8 Å². The molecule has 0 spiro atoms. The molecule has 2 heteroatoms. The Morgan fingerprint density at radius 2 is 2.05 bits per heavy atom. The third kappa shape index (κ3) is 2.89. The third-order valence-corrected chi connectivity index (χ3v) is 4.02. The lowest BCUT2D eigenvalue weighted by molar-refractivity contribution is -0.141. The zero-order valence-electron chi connectivity index (χ0n) is 12.0. The van der Waals surface area contributed by atoms with Crippen LogP contribution in [0.15, 0.2) is 29.8 Å². The summed E-state index contributed by atoms with van der Waals surface area (Å²) in [6.45, 7) is 6.68. The number of rotatable bonds is 4. The number of esters is 1. The molecule has 1 aliphatic carbocycles. The van der Waals surface area contributed by atoms with Gasteiger partial charge in [0.05, 0.1) is 13.0 Å². The molecule has 0 heterocycles. The van der Waals surface area contributed by atoms with Crippen molar-refractivity contribution in [1.82, 2.24) is 0 Å². The van der Waals surface area contributed by atoms with Crippen molar-refractivity contribution in [2.75, 3.05) is 6.61 Å². The van der Waals surface area contributed by atoms with Crippen LogP contribution in [0.5, 0.6) is 0 Å². The minimum atomic E-state index is -0.122. The van der Waals surface area contributed by atoms with E-state index in [1.54, 1.807) is 0 Å². The molecule has 1 atom stereocenters. The predicted molar refractivity (Wildman–Crippen MR) is 77.8 cm³/mol. The summed E-state index contributed by atoms with van der Waals surface area (Å²) in [5.74, 6) is 0.433. The molecule has 19 heavy (non-hydrogen) atoms. The first-order valence-electron chi connectivity index (χ1n) is 7.10. The Morgan fingerprint density at radius 1 is 1.32 bits per heavy atom. The molecule has 102 valence electrons. The molecule has 0 fully saturated rings. The highest BCUT2D eigenvalue weighted by Gasteiger charge is 2.24. The number of hydrogen-bond donors (Lipinski definition) is 0. The van der Waals surface area contributed by atoms with Crippen molar-refractivity contribution in [2.45, 2.75) is 40.0 Å². The van der Waals surface area contributed by atoms with Crippen LogP contribution in [0.4, 0.5) is 0 Å². The summed E-state index contributed by atoms with van der Waals surface area (Å²) in [6, 6.07) is 8.42. The number of fused-ring (bicyclic) bond motifs is 1. The summed E-state index contributed by atoms with van der Waals surface area (Å²) in [5, 5.41) is 0. The maximum atomic E-state index is 11.8. The fraction of sp³-hybridized carbons (Fsp3) is 0.471. The van der Waals surface area contributed by atoms with Crippen LogP contribution in [0.25, 0.3) is 5.57 Å². The first kappa shape index (κ1) is 13.9. The molecule has 1 unspecified atom stereocenters. The van der Waals surface area contributed by atoms with Gasteiger partial charge in [-0.05, 0) is 49.3 Å². The van der Waals surface area contributed by atoms with E-state index >= 15 is 0 Å². The maximum Gasteiger partial charge on any atom is 0.310 e. The van der Waals surface area contributed by atoms with Gasteiger partial charge in [-0.25, -0.2) is 0 Å². The van der Waals surface area contributed by atoms with E-state index in [0.717, 1.165) is 12.8 Å². The van der Waals surface area contributed by atoms with E-state index in [4.69, 9.17) is 4.74 Å². The van der Waals surface area contributed by atoms with Crippen molar-refractivity contribution in [2.24, 2.45) is 5.92 Å². The highest BCUT2D eigenvalue weighted by atomic mass is 16.5. The molecule has 0 aromatic heterocycles. The quantitative estimate of drug-likeness (QED) is 0.763. The maximum absolute atomic E-state index is 11.8. The van der Waals surface area contributed by atoms with Gasteiger partial charge in [0.1, 0.15) is 0 Å². The molecule has 0 radical (unpaired) electrons. The average molecular weight is 258 g/mol. The van der Waals surface area contributed by atoms with Crippen molar-refractivity contribution in [3.63, 3.8) is 0 Å². The van der Waals surface area contributed by atoms with Crippen molar-refractivity contribution >= 4 is 11.5 Å². The molecule has 1 aliphatic rings. The van der Waals surface area contributed by atoms with E-state index < -0.39 is 0 Å². The molecule has 2 rings (SSSR count). The molecule has 0 N–H and O–H groups in total. The minimum Gasteiger partial charge on any atom is -0.466 e. The number of carbonyl (C=O) groups excluding carboxylic acids is 1. The van der Waals surface area contributed by atoms with Crippen molar-refractivity contribution in [3.05, 3.63) is 41.0 Å². The number of ether oxygens (including phenoxy) is 1. The highest BCUT2D eigenvalue weighted by molar-refractivity contribution is 5.88. The monoisotopic (exact) mass is 258 g/mol. The van der Waals surface area contributed by atoms with Gasteiger partial charge in [0.15, 0.2) is 0 Å². The molecule has 1 aromatic rings. The summed E-state index contributed by atoms with van der Waals surface area (Å²) >= 11 is 0. The minimum absolute atomic E-state index is 0.122. The van der Waals surface area contributed by atoms with E-state index in [9.17, 15) is 4.79 Å². The Morgan fingerprint density at radius 3 is 2.74 bits per heavy atom. The summed E-state index contributed by atoms with van der Waals surface area (Å²) in [7, 11) is 0. The second-order valence-electron chi connectivity index (χ2n) is 5.11. The number of allylic oxidation sites excluding steroid dienone is 1. The van der Waals surface area contributed by atoms with Crippen LogP contribution in [-0.4, -0.2) is 12.6 Å². The molecular formula is C17H22O2. The van der Waals surface area contributed by atoms with E-state index in [-0.39, 0.29) is 5.97 Å². The number of carbonyl (C=O) groups is 1. The Labute approximate surface area is 115 Å². The number of benzene rings is 1. The zero-order chi connectivity index (χ0) is 13.8. The van der Waals surface area contributed by atoms with Crippen LogP contribution in [0.3, 0.4) is 0 Å². The van der Waals surface area contributed by atoms with Crippen LogP contribution in [0, 0.1) is 5.92 Å². The second-order valence-corrected chi connectivity index (χ2v) is 5.11. The van der Waals surface area contributed by atoms with Gasteiger partial charge in [0.2, 0.25) is 0 Å². The molecule has 0 aliphatic heterocycles. The first-order chi connectivity index (χ1) is 9.17. The van der Waals surface area contributed by atoms with Gasteiger partial charge in [-0.3, -0.25) is 4.79 Å². The van der Waals surface area contributed by atoms with Crippen LogP contribution >= 0.6 is 0 Å². The molecule has 0 saturated carbocycles. The molecule has 1 aromatic carbocycles. The van der Waals surface area contributed by atoms with Gasteiger partial charge in [-0.2, -0.15) is 0 Å². The highest BCUT2D eigenvalue weighted by Crippen LogP contribution is 2.37. The zero-order valence-corrected chi connectivity index (χ0v) is 12.0. The molecule has 0 bridgehead atoms. The lowest BCUT2D eigenvalue weighted by Crippen LogP contribution is -2.16. The van der Waals surface area contributed by atoms with Crippen LogP contribution in [0.2, 0.25) is 0 Å². The Hall–Kier alpha value is -1.57. The van der Waals surface area contributed by atoms with E-state index in [1.807, 2.05) is 13.0 Å². The predicted octanol–water partition coefficient (Wildman–Crippen LogP) is 4.00. The normalized spacial score (nSPS) is 18.2. The lowest BCUT2D eigenvalue weighted by atomic mass is 9.77. The van der Waals surface area contributed by atoms with Crippen molar-refractivity contribution < 1.29 is 9.53 Å². The fourth-order valence-electron chi connectivity index (χ4n) is 2.91. The average Bonchev–Trinajstić information content (AvgIpc) is 2.42. The Kier molecular flexibility index (Phi) is 4.41. The summed E-state index contributed by atoms with van der Waals surface area (Å²) < 4.78 is 5.10. The summed E-state index contributed by atoms with van der Waals surface area (Å²) in [4.78, 5) is 11.8. The SMILES string of the molecule is CCOC(=O)CC1=C(C)C(CC)Cc2ccccc21. The molecule has 2 nitrogen and oxygen atoms in total. The van der Waals surface area contributed by atoms with Gasteiger partial charge < -0.3 is 4.74 Å². The van der Waals surface area contributed by atoms with Crippen LogP contribution in [-0.2, 0) is 16.0 Å². The Balaban J connectivity index is 2.37. The molecule has 0 amide bonds. The number of hydrogen-bond acceptors (Lipinski definition) is 2. The van der Waals surface area contributed by atoms with Gasteiger partial charge in [0.25, 0.3) is 0 Å². The molecular weight excluding hydrogens is 236 g/mol. The van der Waals surface area contributed by atoms with Gasteiger partial charge in [0, 0.05) is 0 Å². The molecule has 0 saturated heterocycles. The fourth-order valence-corrected chi connectivity index (χ4v) is 2.91. The van der Waals surface area contributed by atoms with Crippen molar-refractivity contribution in [3.8, 4) is 0 Å². The van der Waals surface area contributed by atoms with Crippen molar-refractivity contribution in [1.29, 1.82) is 0 Å². The lowest BCUT2D eigenvalue weighted by Gasteiger charge is -2.28. The Bertz CT molecular complexity index is 500. The van der Waals surface area contributed by atoms with Gasteiger partial charge >= 0.3 is 5.97 Å². The largest absolute Gasteiger partial charge is 0.466 e. The topological polar surface area (TPSA) is 26.3 Å². The second kappa shape index (κ2) is 6.05. The van der Waals surface area contributed by atoms with Gasteiger partial charge in [-0.15, -0.1) is 0 Å². The van der Waals surface area contributed by atoms with Crippen LogP contribution in [0.1, 0.15) is 44.7 Å². The van der Waals surface area contributed by atoms with E-state index in [0.29, 0.717) is 18.9 Å². The smallest absolute Gasteiger partial charge is 0.310 e.